The fourth-order valence-electron chi connectivity index (χ4n) is 3.32. The lowest BCUT2D eigenvalue weighted by molar-refractivity contribution is -0.149. The molecule has 1 saturated carbocycles. The molecular formula is C22H19Cl2NO4. The number of esters is 1. The van der Waals surface area contributed by atoms with Crippen LogP contribution in [0.2, 0.25) is 0 Å². The van der Waals surface area contributed by atoms with Gasteiger partial charge in [-0.3, -0.25) is 4.79 Å². The molecule has 0 aliphatic heterocycles. The number of halogens is 2. The number of phenolic OH excluding ortho intramolecular Hbond substituents is 1. The van der Waals surface area contributed by atoms with Crippen molar-refractivity contribution in [3.8, 4) is 23.3 Å². The van der Waals surface area contributed by atoms with Crippen LogP contribution in [0.1, 0.15) is 25.5 Å². The number of rotatable bonds is 6. The molecule has 1 aliphatic rings. The van der Waals surface area contributed by atoms with Crippen LogP contribution in [-0.2, 0) is 9.53 Å². The molecule has 7 heteroatoms. The average Bonchev–Trinajstić information content (AvgIpc) is 3.21. The lowest BCUT2D eigenvalue weighted by atomic mass is 10.1. The minimum Gasteiger partial charge on any atom is -0.508 e. The summed E-state index contributed by atoms with van der Waals surface area (Å²) in [6.45, 7) is 3.84. The van der Waals surface area contributed by atoms with E-state index in [0.717, 1.165) is 0 Å². The molecule has 3 atom stereocenters. The first-order chi connectivity index (χ1) is 13.7. The Hall–Kier alpha value is -2.68. The number of nitrogens with zero attached hydrogens (tertiary/aromatic N) is 1. The van der Waals surface area contributed by atoms with Gasteiger partial charge in [-0.05, 0) is 53.8 Å². The lowest BCUT2D eigenvalue weighted by Gasteiger charge is -2.13. The maximum atomic E-state index is 12.6. The van der Waals surface area contributed by atoms with Crippen molar-refractivity contribution in [3.63, 3.8) is 0 Å². The van der Waals surface area contributed by atoms with Gasteiger partial charge in [0.1, 0.15) is 27.8 Å². The van der Waals surface area contributed by atoms with E-state index in [4.69, 9.17) is 32.7 Å². The van der Waals surface area contributed by atoms with Crippen LogP contribution in [0, 0.1) is 28.6 Å². The summed E-state index contributed by atoms with van der Waals surface area (Å²) in [5.41, 5.74) is 0.161. The minimum absolute atomic E-state index is 0.106. The smallest absolute Gasteiger partial charge is 0.311 e. The van der Waals surface area contributed by atoms with Gasteiger partial charge in [0.25, 0.3) is 0 Å². The van der Waals surface area contributed by atoms with E-state index in [-0.39, 0.29) is 21.6 Å². The third-order valence-corrected chi connectivity index (χ3v) is 5.31. The van der Waals surface area contributed by atoms with Crippen LogP contribution >= 0.6 is 23.2 Å². The van der Waals surface area contributed by atoms with E-state index in [1.165, 1.54) is 12.1 Å². The quantitative estimate of drug-likeness (QED) is 0.577. The van der Waals surface area contributed by atoms with E-state index < -0.39 is 18.0 Å². The van der Waals surface area contributed by atoms with Crippen molar-refractivity contribution >= 4 is 29.2 Å². The van der Waals surface area contributed by atoms with Crippen LogP contribution in [0.5, 0.6) is 17.2 Å². The molecule has 0 saturated heterocycles. The van der Waals surface area contributed by atoms with Crippen LogP contribution in [0.3, 0.4) is 0 Å². The van der Waals surface area contributed by atoms with Crippen LogP contribution in [0.15, 0.2) is 59.1 Å². The SMILES string of the molecule is CC1(C)[C@H](C(=O)O[C@@H](C#N)c2cccc(Oc3ccc(O)cc3)c2)[C@@H]1C=C(Cl)Cl. The van der Waals surface area contributed by atoms with E-state index >= 15 is 0 Å². The number of ether oxygens (including phenoxy) is 2. The van der Waals surface area contributed by atoms with E-state index in [0.29, 0.717) is 17.1 Å². The molecule has 29 heavy (non-hydrogen) atoms. The first-order valence-electron chi connectivity index (χ1n) is 8.92. The third kappa shape index (κ3) is 4.84. The lowest BCUT2D eigenvalue weighted by Crippen LogP contribution is -2.14. The van der Waals surface area contributed by atoms with Crippen LogP contribution in [0.25, 0.3) is 0 Å². The van der Waals surface area contributed by atoms with Gasteiger partial charge in [-0.25, -0.2) is 0 Å². The molecule has 0 aromatic heterocycles. The van der Waals surface area contributed by atoms with Gasteiger partial charge in [0.2, 0.25) is 6.10 Å². The highest BCUT2D eigenvalue weighted by atomic mass is 35.5. The Labute approximate surface area is 179 Å². The molecule has 1 aliphatic carbocycles. The molecule has 0 spiro atoms. The fourth-order valence-corrected chi connectivity index (χ4v) is 3.60. The summed E-state index contributed by atoms with van der Waals surface area (Å²) in [5, 5.41) is 18.9. The molecule has 1 N–H and O–H groups in total. The molecule has 5 nitrogen and oxygen atoms in total. The molecule has 0 radical (unpaired) electrons. The Morgan fingerprint density at radius 3 is 2.52 bits per heavy atom. The van der Waals surface area contributed by atoms with Crippen molar-refractivity contribution < 1.29 is 19.4 Å². The van der Waals surface area contributed by atoms with Crippen molar-refractivity contribution in [2.24, 2.45) is 17.3 Å². The normalized spacial score (nSPS) is 20.1. The van der Waals surface area contributed by atoms with Gasteiger partial charge >= 0.3 is 5.97 Å². The van der Waals surface area contributed by atoms with Gasteiger partial charge in [0, 0.05) is 5.56 Å². The van der Waals surface area contributed by atoms with Gasteiger partial charge in [-0.2, -0.15) is 5.26 Å². The summed E-state index contributed by atoms with van der Waals surface area (Å²) in [6.07, 6.45) is 0.557. The second-order valence-corrected chi connectivity index (χ2v) is 8.40. The van der Waals surface area contributed by atoms with E-state index in [9.17, 15) is 15.2 Å². The molecule has 0 amide bonds. The number of carbonyl (C=O) groups excluding carboxylic acids is 1. The summed E-state index contributed by atoms with van der Waals surface area (Å²) in [5.74, 6) is 0.117. The molecule has 0 heterocycles. The highest BCUT2D eigenvalue weighted by molar-refractivity contribution is 6.55. The number of benzene rings is 2. The van der Waals surface area contributed by atoms with Crippen LogP contribution in [-0.4, -0.2) is 11.1 Å². The number of carbonyl (C=O) groups is 1. The molecular weight excluding hydrogens is 413 g/mol. The van der Waals surface area contributed by atoms with Crippen LogP contribution in [0.4, 0.5) is 0 Å². The molecule has 2 aromatic carbocycles. The van der Waals surface area contributed by atoms with Crippen molar-refractivity contribution in [2.75, 3.05) is 0 Å². The molecule has 2 aromatic rings. The first-order valence-corrected chi connectivity index (χ1v) is 9.67. The fraction of sp³-hybridized carbons (Fsp3) is 0.273. The summed E-state index contributed by atoms with van der Waals surface area (Å²) < 4.78 is 11.3. The average molecular weight is 432 g/mol. The maximum absolute atomic E-state index is 12.6. The zero-order valence-corrected chi connectivity index (χ0v) is 17.3. The van der Waals surface area contributed by atoms with Crippen molar-refractivity contribution in [3.05, 3.63) is 64.7 Å². The molecule has 0 unspecified atom stereocenters. The Bertz CT molecular complexity index is 975. The zero-order chi connectivity index (χ0) is 21.2. The van der Waals surface area contributed by atoms with Crippen molar-refractivity contribution in [1.82, 2.24) is 0 Å². The number of nitriles is 1. The van der Waals surface area contributed by atoms with E-state index in [1.54, 1.807) is 42.5 Å². The highest BCUT2D eigenvalue weighted by Gasteiger charge is 2.62. The summed E-state index contributed by atoms with van der Waals surface area (Å²) in [7, 11) is 0. The predicted molar refractivity (Wildman–Crippen MR) is 110 cm³/mol. The molecule has 0 bridgehead atoms. The zero-order valence-electron chi connectivity index (χ0n) is 15.8. The third-order valence-electron chi connectivity index (χ3n) is 5.05. The minimum atomic E-state index is -1.07. The molecule has 1 fully saturated rings. The standard InChI is InChI=1S/C22H19Cl2NO4/c1-22(2)17(11-19(23)24)20(22)21(27)29-18(12-25)13-4-3-5-16(10-13)28-15-8-6-14(26)7-9-15/h3-11,17-18,20,26H,1-2H3/t17-,18-,20-/m0/s1. The Morgan fingerprint density at radius 2 is 1.90 bits per heavy atom. The highest BCUT2D eigenvalue weighted by Crippen LogP contribution is 2.60. The van der Waals surface area contributed by atoms with Gasteiger partial charge in [-0.1, -0.05) is 49.2 Å². The largest absolute Gasteiger partial charge is 0.508 e. The number of phenols is 1. The number of allylic oxidation sites excluding steroid dienone is 1. The molecule has 3 rings (SSSR count). The van der Waals surface area contributed by atoms with E-state index in [2.05, 4.69) is 0 Å². The van der Waals surface area contributed by atoms with Gasteiger partial charge < -0.3 is 14.6 Å². The number of hydrogen-bond acceptors (Lipinski definition) is 5. The predicted octanol–water partition coefficient (Wildman–Crippen LogP) is 5.88. The number of hydrogen-bond donors (Lipinski definition) is 1. The monoisotopic (exact) mass is 431 g/mol. The van der Waals surface area contributed by atoms with Gasteiger partial charge in [0.15, 0.2) is 0 Å². The van der Waals surface area contributed by atoms with Crippen LogP contribution < -0.4 is 4.74 Å². The van der Waals surface area contributed by atoms with Crippen molar-refractivity contribution in [1.29, 1.82) is 5.26 Å². The Morgan fingerprint density at radius 1 is 1.21 bits per heavy atom. The van der Waals surface area contributed by atoms with E-state index in [1.807, 2.05) is 19.9 Å². The van der Waals surface area contributed by atoms with Gasteiger partial charge in [0.05, 0.1) is 5.92 Å². The topological polar surface area (TPSA) is 79.6 Å². The van der Waals surface area contributed by atoms with Crippen molar-refractivity contribution in [2.45, 2.75) is 20.0 Å². The Kier molecular flexibility index (Phi) is 6.07. The second-order valence-electron chi connectivity index (χ2n) is 7.40. The van der Waals surface area contributed by atoms with Gasteiger partial charge in [-0.15, -0.1) is 0 Å². The molecule has 150 valence electrons. The summed E-state index contributed by atoms with van der Waals surface area (Å²) >= 11 is 11.5. The first kappa shape index (κ1) is 21.0. The maximum Gasteiger partial charge on any atom is 0.311 e. The summed E-state index contributed by atoms with van der Waals surface area (Å²) in [4.78, 5) is 12.6. The summed E-state index contributed by atoms with van der Waals surface area (Å²) in [6, 6.07) is 15.0. The Balaban J connectivity index is 1.72. The second kappa shape index (κ2) is 8.36. The number of aromatic hydroxyl groups is 1.